The highest BCUT2D eigenvalue weighted by Crippen LogP contribution is 2.06. The molecule has 19 heavy (non-hydrogen) atoms. The Labute approximate surface area is 111 Å². The van der Waals surface area contributed by atoms with Crippen LogP contribution in [0.2, 0.25) is 0 Å². The molecule has 0 radical (unpaired) electrons. The van der Waals surface area contributed by atoms with Crippen molar-refractivity contribution in [3.05, 3.63) is 30.1 Å². The second kappa shape index (κ2) is 6.12. The molecular formula is C12H18N6O. The van der Waals surface area contributed by atoms with Crippen LogP contribution in [0.15, 0.2) is 18.5 Å². The largest absolute Gasteiger partial charge is 0.346 e. The van der Waals surface area contributed by atoms with Crippen LogP contribution in [0.5, 0.6) is 0 Å². The molecule has 0 fully saturated rings. The van der Waals surface area contributed by atoms with Gasteiger partial charge in [-0.3, -0.25) is 14.6 Å². The Morgan fingerprint density at radius 2 is 2.42 bits per heavy atom. The van der Waals surface area contributed by atoms with E-state index in [2.05, 4.69) is 25.6 Å². The van der Waals surface area contributed by atoms with Gasteiger partial charge in [0.2, 0.25) is 5.91 Å². The van der Waals surface area contributed by atoms with Crippen molar-refractivity contribution in [2.24, 2.45) is 0 Å². The molecule has 0 bridgehead atoms. The van der Waals surface area contributed by atoms with Gasteiger partial charge >= 0.3 is 0 Å². The van der Waals surface area contributed by atoms with E-state index in [4.69, 9.17) is 0 Å². The van der Waals surface area contributed by atoms with Crippen LogP contribution in [-0.4, -0.2) is 30.9 Å². The van der Waals surface area contributed by atoms with Gasteiger partial charge in [-0.05, 0) is 26.3 Å². The van der Waals surface area contributed by atoms with Crippen molar-refractivity contribution in [2.45, 2.75) is 39.3 Å². The Hall–Kier alpha value is -2.18. The van der Waals surface area contributed by atoms with Crippen LogP contribution in [0.3, 0.4) is 0 Å². The van der Waals surface area contributed by atoms with Crippen LogP contribution in [-0.2, 0) is 11.3 Å². The van der Waals surface area contributed by atoms with Crippen LogP contribution in [0.4, 0.5) is 0 Å². The van der Waals surface area contributed by atoms with Crippen LogP contribution in [0, 0.1) is 6.92 Å². The lowest BCUT2D eigenvalue weighted by atomic mass is 10.2. The molecule has 2 N–H and O–H groups in total. The summed E-state index contributed by atoms with van der Waals surface area (Å²) in [6.07, 6.45) is 4.84. The summed E-state index contributed by atoms with van der Waals surface area (Å²) < 4.78 is 1.81. The van der Waals surface area contributed by atoms with E-state index in [0.29, 0.717) is 12.2 Å². The minimum Gasteiger partial charge on any atom is -0.346 e. The van der Waals surface area contributed by atoms with Crippen molar-refractivity contribution >= 4 is 5.91 Å². The van der Waals surface area contributed by atoms with E-state index in [1.807, 2.05) is 30.8 Å². The minimum absolute atomic E-state index is 0.00195. The molecule has 2 rings (SSSR count). The number of nitrogens with zero attached hydrogens (tertiary/aromatic N) is 4. The molecule has 2 heterocycles. The molecule has 2 aromatic heterocycles. The molecule has 7 nitrogen and oxygen atoms in total. The van der Waals surface area contributed by atoms with Gasteiger partial charge in [-0.2, -0.15) is 10.2 Å². The molecule has 0 aliphatic heterocycles. The Bertz CT molecular complexity index is 518. The van der Waals surface area contributed by atoms with Gasteiger partial charge in [-0.15, -0.1) is 0 Å². The maximum absolute atomic E-state index is 11.8. The number of aryl methyl sites for hydroxylation is 2. The fourth-order valence-corrected chi connectivity index (χ4v) is 1.77. The summed E-state index contributed by atoms with van der Waals surface area (Å²) in [4.78, 5) is 15.9. The summed E-state index contributed by atoms with van der Waals surface area (Å²) in [5, 5.41) is 13.7. The number of aromatic nitrogens is 5. The normalized spacial score (nSPS) is 12.3. The van der Waals surface area contributed by atoms with Gasteiger partial charge in [0.25, 0.3) is 0 Å². The number of hydrogen-bond donors (Lipinski definition) is 2. The van der Waals surface area contributed by atoms with Crippen LogP contribution < -0.4 is 5.32 Å². The maximum atomic E-state index is 11.8. The topological polar surface area (TPSA) is 88.5 Å². The predicted octanol–water partition coefficient (Wildman–Crippen LogP) is 0.967. The Kier molecular flexibility index (Phi) is 4.27. The first kappa shape index (κ1) is 13.3. The van der Waals surface area contributed by atoms with Gasteiger partial charge in [0, 0.05) is 25.4 Å². The van der Waals surface area contributed by atoms with Crippen molar-refractivity contribution in [3.63, 3.8) is 0 Å². The Morgan fingerprint density at radius 3 is 3.05 bits per heavy atom. The van der Waals surface area contributed by atoms with Crippen LogP contribution in [0.25, 0.3) is 0 Å². The zero-order valence-electron chi connectivity index (χ0n) is 11.1. The fraction of sp³-hybridized carbons (Fsp3) is 0.500. The molecule has 0 aromatic carbocycles. The van der Waals surface area contributed by atoms with E-state index in [0.717, 1.165) is 18.8 Å². The molecule has 1 atom stereocenters. The van der Waals surface area contributed by atoms with Gasteiger partial charge in [0.1, 0.15) is 5.82 Å². The maximum Gasteiger partial charge on any atom is 0.220 e. The second-order valence-electron chi connectivity index (χ2n) is 4.44. The number of H-pyrrole nitrogens is 1. The summed E-state index contributed by atoms with van der Waals surface area (Å²) >= 11 is 0. The van der Waals surface area contributed by atoms with E-state index >= 15 is 0 Å². The van der Waals surface area contributed by atoms with Crippen molar-refractivity contribution in [3.8, 4) is 0 Å². The summed E-state index contributed by atoms with van der Waals surface area (Å²) in [5.74, 6) is 1.36. The van der Waals surface area contributed by atoms with Gasteiger partial charge < -0.3 is 5.32 Å². The highest BCUT2D eigenvalue weighted by atomic mass is 16.1. The number of carbonyl (C=O) groups excluding carboxylic acids is 1. The molecule has 0 aliphatic rings. The number of amides is 1. The third-order valence-electron chi connectivity index (χ3n) is 2.73. The highest BCUT2D eigenvalue weighted by molar-refractivity contribution is 5.76. The molecule has 0 spiro atoms. The van der Waals surface area contributed by atoms with Crippen molar-refractivity contribution in [1.82, 2.24) is 30.3 Å². The first-order chi connectivity index (χ1) is 9.15. The zero-order valence-corrected chi connectivity index (χ0v) is 11.1. The van der Waals surface area contributed by atoms with E-state index in [1.165, 1.54) is 0 Å². The van der Waals surface area contributed by atoms with Crippen molar-refractivity contribution in [1.29, 1.82) is 0 Å². The van der Waals surface area contributed by atoms with Gasteiger partial charge in [0.05, 0.1) is 6.04 Å². The van der Waals surface area contributed by atoms with E-state index in [-0.39, 0.29) is 11.9 Å². The Morgan fingerprint density at radius 1 is 1.58 bits per heavy atom. The standard InChI is InChI=1S/C12H18N6O/c1-9(12-15-10(2)16-17-12)14-11(19)5-3-7-18-8-4-6-13-18/h4,6,8-9H,3,5,7H2,1-2H3,(H,14,19)(H,15,16,17)/t9-/m0/s1. The molecule has 0 aliphatic carbocycles. The number of nitrogens with one attached hydrogen (secondary N) is 2. The highest BCUT2D eigenvalue weighted by Gasteiger charge is 2.13. The number of carbonyl (C=O) groups is 1. The molecule has 2 aromatic rings. The third kappa shape index (κ3) is 3.90. The number of hydrogen-bond acceptors (Lipinski definition) is 4. The average molecular weight is 262 g/mol. The molecule has 1 amide bonds. The molecule has 0 saturated heterocycles. The summed E-state index contributed by atoms with van der Waals surface area (Å²) in [6, 6.07) is 1.69. The Balaban J connectivity index is 1.72. The average Bonchev–Trinajstić information content (AvgIpc) is 3.00. The first-order valence-corrected chi connectivity index (χ1v) is 6.31. The molecule has 102 valence electrons. The predicted molar refractivity (Wildman–Crippen MR) is 69.1 cm³/mol. The van der Waals surface area contributed by atoms with E-state index in [1.54, 1.807) is 6.20 Å². The van der Waals surface area contributed by atoms with Gasteiger partial charge in [-0.25, -0.2) is 4.98 Å². The monoisotopic (exact) mass is 262 g/mol. The summed E-state index contributed by atoms with van der Waals surface area (Å²) in [7, 11) is 0. The fourth-order valence-electron chi connectivity index (χ4n) is 1.77. The lowest BCUT2D eigenvalue weighted by Crippen LogP contribution is -2.27. The lowest BCUT2D eigenvalue weighted by molar-refractivity contribution is -0.121. The molecule has 0 saturated carbocycles. The second-order valence-corrected chi connectivity index (χ2v) is 4.44. The minimum atomic E-state index is -0.179. The zero-order chi connectivity index (χ0) is 13.7. The first-order valence-electron chi connectivity index (χ1n) is 6.31. The number of aromatic amines is 1. The molecule has 7 heteroatoms. The van der Waals surface area contributed by atoms with Gasteiger partial charge in [-0.1, -0.05) is 0 Å². The van der Waals surface area contributed by atoms with Gasteiger partial charge in [0.15, 0.2) is 5.82 Å². The summed E-state index contributed by atoms with van der Waals surface area (Å²) in [6.45, 7) is 4.44. The van der Waals surface area contributed by atoms with E-state index in [9.17, 15) is 4.79 Å². The van der Waals surface area contributed by atoms with Crippen molar-refractivity contribution < 1.29 is 4.79 Å². The van der Waals surface area contributed by atoms with Crippen LogP contribution in [0.1, 0.15) is 37.5 Å². The lowest BCUT2D eigenvalue weighted by Gasteiger charge is -2.10. The molecule has 0 unspecified atom stereocenters. The third-order valence-corrected chi connectivity index (χ3v) is 2.73. The van der Waals surface area contributed by atoms with E-state index < -0.39 is 0 Å². The smallest absolute Gasteiger partial charge is 0.220 e. The molecular weight excluding hydrogens is 244 g/mol. The number of rotatable bonds is 6. The SMILES string of the molecule is Cc1nc([C@H](C)NC(=O)CCCn2cccn2)n[nH]1. The summed E-state index contributed by atoms with van der Waals surface area (Å²) in [5.41, 5.74) is 0. The van der Waals surface area contributed by atoms with Crippen molar-refractivity contribution in [2.75, 3.05) is 0 Å². The quantitative estimate of drug-likeness (QED) is 0.811. The van der Waals surface area contributed by atoms with Crippen LogP contribution >= 0.6 is 0 Å².